The van der Waals surface area contributed by atoms with Gasteiger partial charge in [0.05, 0.1) is 6.42 Å². The van der Waals surface area contributed by atoms with E-state index in [2.05, 4.69) is 16.0 Å². The second-order valence-corrected chi connectivity index (χ2v) is 7.63. The number of carbonyl (C=O) groups excluding carboxylic acids is 4. The lowest BCUT2D eigenvalue weighted by atomic mass is 10.0. The summed E-state index contributed by atoms with van der Waals surface area (Å²) in [6.45, 7) is 5.54. The number of hydrogen-bond acceptors (Lipinski definition) is 7. The van der Waals surface area contributed by atoms with Crippen LogP contribution in [0.15, 0.2) is 30.3 Å². The molecule has 3 amide bonds. The number of nitrogens with one attached hydrogen (secondary N) is 3. The van der Waals surface area contributed by atoms with Crippen molar-refractivity contribution in [2.24, 2.45) is 5.92 Å². The molecule has 0 bridgehead atoms. The van der Waals surface area contributed by atoms with E-state index in [9.17, 15) is 28.4 Å². The third-order valence-corrected chi connectivity index (χ3v) is 4.18. The van der Waals surface area contributed by atoms with Gasteiger partial charge in [0, 0.05) is 6.92 Å². The maximum absolute atomic E-state index is 12.5. The molecule has 3 atom stereocenters. The van der Waals surface area contributed by atoms with Gasteiger partial charge in [-0.15, -0.1) is 0 Å². The zero-order valence-electron chi connectivity index (χ0n) is 19.7. The second-order valence-electron chi connectivity index (χ2n) is 7.63. The fourth-order valence-corrected chi connectivity index (χ4v) is 2.47. The molecule has 12 nitrogen and oxygen atoms in total. The Kier molecular flexibility index (Phi) is 13.9. The van der Waals surface area contributed by atoms with Crippen LogP contribution in [0, 0.1) is 5.92 Å². The smallest absolute Gasteiger partial charge is 0.408 e. The van der Waals surface area contributed by atoms with Gasteiger partial charge in [-0.1, -0.05) is 44.2 Å². The molecule has 0 spiro atoms. The van der Waals surface area contributed by atoms with E-state index in [0.29, 0.717) is 0 Å². The van der Waals surface area contributed by atoms with Crippen molar-refractivity contribution >= 4 is 35.9 Å². The molecule has 0 saturated carbocycles. The summed E-state index contributed by atoms with van der Waals surface area (Å²) in [5.41, 5.74) is 0.767. The average molecular weight is 499 g/mol. The first kappa shape index (κ1) is 31.0. The van der Waals surface area contributed by atoms with Crippen LogP contribution in [-0.4, -0.2) is 64.2 Å². The highest BCUT2D eigenvalue weighted by atomic mass is 19.1. The van der Waals surface area contributed by atoms with Crippen molar-refractivity contribution in [3.05, 3.63) is 35.9 Å². The van der Waals surface area contributed by atoms with Gasteiger partial charge in [-0.05, 0) is 18.4 Å². The molecule has 0 unspecified atom stereocenters. The molecular weight excluding hydrogens is 469 g/mol. The van der Waals surface area contributed by atoms with Gasteiger partial charge in [0.15, 0.2) is 0 Å². The summed E-state index contributed by atoms with van der Waals surface area (Å²) in [6, 6.07) is 3.78. The molecule has 0 aliphatic carbocycles. The Morgan fingerprint density at radius 3 is 1.91 bits per heavy atom. The second kappa shape index (κ2) is 15.7. The molecule has 1 aromatic carbocycles. The Bertz CT molecular complexity index is 889. The summed E-state index contributed by atoms with van der Waals surface area (Å²) < 4.78 is 15.5. The lowest BCUT2D eigenvalue weighted by Crippen LogP contribution is -2.56. The van der Waals surface area contributed by atoms with Crippen LogP contribution in [0.2, 0.25) is 0 Å². The van der Waals surface area contributed by atoms with E-state index in [4.69, 9.17) is 19.7 Å². The molecule has 0 saturated heterocycles. The van der Waals surface area contributed by atoms with E-state index in [1.807, 2.05) is 6.07 Å². The number of ether oxygens (including phenoxy) is 1. The van der Waals surface area contributed by atoms with Crippen molar-refractivity contribution in [3.8, 4) is 0 Å². The first-order valence-electron chi connectivity index (χ1n) is 10.4. The number of carboxylic acids is 2. The van der Waals surface area contributed by atoms with Crippen molar-refractivity contribution in [2.45, 2.75) is 58.8 Å². The number of rotatable bonds is 11. The molecule has 0 aliphatic heterocycles. The molecule has 35 heavy (non-hydrogen) atoms. The number of alkyl carbamates (subject to hydrolysis) is 1. The Morgan fingerprint density at radius 2 is 1.46 bits per heavy atom. The predicted molar refractivity (Wildman–Crippen MR) is 120 cm³/mol. The molecular formula is C22H30FN3O9. The number of carbonyl (C=O) groups is 6. The Labute approximate surface area is 201 Å². The van der Waals surface area contributed by atoms with Crippen molar-refractivity contribution < 1.29 is 48.1 Å². The van der Waals surface area contributed by atoms with Gasteiger partial charge in [0.1, 0.15) is 24.7 Å². The van der Waals surface area contributed by atoms with Crippen LogP contribution >= 0.6 is 0 Å². The minimum atomic E-state index is -1.64. The molecule has 5 N–H and O–H groups in total. The lowest BCUT2D eigenvalue weighted by Gasteiger charge is -2.24. The number of halogens is 1. The Hall–Kier alpha value is -4.03. The summed E-state index contributed by atoms with van der Waals surface area (Å²) in [5.74, 6) is -4.83. The Balaban J connectivity index is 0.00000267. The maximum atomic E-state index is 12.5. The predicted octanol–water partition coefficient (Wildman–Crippen LogP) is 0.989. The molecule has 194 valence electrons. The largest absolute Gasteiger partial charge is 0.481 e. The number of aliphatic carboxylic acids is 2. The van der Waals surface area contributed by atoms with Crippen LogP contribution in [0.5, 0.6) is 0 Å². The van der Waals surface area contributed by atoms with Gasteiger partial charge in [-0.2, -0.15) is 4.39 Å². The van der Waals surface area contributed by atoms with Gasteiger partial charge < -0.3 is 30.9 Å². The van der Waals surface area contributed by atoms with Crippen LogP contribution in [0.25, 0.3) is 0 Å². The number of hydrogen-bond donors (Lipinski definition) is 5. The molecule has 0 fully saturated rings. The topological polar surface area (TPSA) is 188 Å². The first-order chi connectivity index (χ1) is 16.2. The molecule has 13 heteroatoms. The van der Waals surface area contributed by atoms with E-state index < -0.39 is 60.4 Å². The third kappa shape index (κ3) is 14.0. The van der Waals surface area contributed by atoms with E-state index >= 15 is 0 Å². The van der Waals surface area contributed by atoms with Crippen LogP contribution in [-0.2, 0) is 35.3 Å². The molecule has 1 aromatic rings. The minimum absolute atomic E-state index is 0.0120. The van der Waals surface area contributed by atoms with Crippen LogP contribution in [0.1, 0.15) is 39.7 Å². The molecule has 0 radical (unpaired) electrons. The van der Waals surface area contributed by atoms with Gasteiger partial charge in [0.25, 0.3) is 6.04 Å². The number of carboxylic acid groups (broad SMARTS) is 2. The summed E-state index contributed by atoms with van der Waals surface area (Å²) in [6.07, 6.45) is -1.63. The van der Waals surface area contributed by atoms with E-state index in [0.717, 1.165) is 12.5 Å². The molecule has 0 heterocycles. The van der Waals surface area contributed by atoms with Crippen molar-refractivity contribution in [1.29, 1.82) is 0 Å². The lowest BCUT2D eigenvalue weighted by molar-refractivity contribution is -0.147. The zero-order chi connectivity index (χ0) is 27.1. The summed E-state index contributed by atoms with van der Waals surface area (Å²) in [7, 11) is 0. The number of amides is 3. The minimum Gasteiger partial charge on any atom is -0.481 e. The maximum Gasteiger partial charge on any atom is 0.408 e. The average Bonchev–Trinajstić information content (AvgIpc) is 2.75. The Morgan fingerprint density at radius 1 is 0.914 bits per heavy atom. The van der Waals surface area contributed by atoms with Crippen LogP contribution < -0.4 is 16.0 Å². The van der Waals surface area contributed by atoms with E-state index in [1.165, 1.54) is 6.92 Å². The normalized spacial score (nSPS) is 12.6. The van der Waals surface area contributed by atoms with Gasteiger partial charge in [-0.25, -0.2) is 9.59 Å². The quantitative estimate of drug-likeness (QED) is 0.277. The van der Waals surface area contributed by atoms with Crippen molar-refractivity contribution in [3.63, 3.8) is 0 Å². The zero-order valence-corrected chi connectivity index (χ0v) is 19.7. The third-order valence-electron chi connectivity index (χ3n) is 4.18. The standard InChI is InChI=1S/C20H27N3O8.C2H3FO/c1-11(2)16(23-20(30)31-10-13-7-5-4-6-8-13)18(27)21-12(3)17(26)22-14(19(28)29)9-15(24)25;1-2(3)4/h4-8,11-12,14,16H,9-10H2,1-3H3,(H,21,27)(H,22,26)(H,23,30)(H,24,25)(H,28,29);1H3/t12-,14-,16-;/m0./s1. The molecule has 1 rings (SSSR count). The van der Waals surface area contributed by atoms with Crippen LogP contribution in [0.3, 0.4) is 0 Å². The van der Waals surface area contributed by atoms with Gasteiger partial charge in [0.2, 0.25) is 11.8 Å². The molecule has 0 aromatic heterocycles. The van der Waals surface area contributed by atoms with E-state index in [-0.39, 0.29) is 12.5 Å². The SMILES string of the molecule is CC(=O)F.CC(C)[C@H](NC(=O)OCc1ccccc1)C(=O)N[C@@H](C)C(=O)N[C@@H](CC(=O)O)C(=O)O. The van der Waals surface area contributed by atoms with Gasteiger partial charge >= 0.3 is 18.0 Å². The van der Waals surface area contributed by atoms with Crippen LogP contribution in [0.4, 0.5) is 9.18 Å². The number of benzene rings is 1. The highest BCUT2D eigenvalue weighted by molar-refractivity contribution is 5.93. The fraction of sp³-hybridized carbons (Fsp3) is 0.455. The highest BCUT2D eigenvalue weighted by Gasteiger charge is 2.29. The monoisotopic (exact) mass is 499 g/mol. The van der Waals surface area contributed by atoms with E-state index in [1.54, 1.807) is 38.1 Å². The first-order valence-corrected chi connectivity index (χ1v) is 10.4. The summed E-state index contributed by atoms with van der Waals surface area (Å²) in [4.78, 5) is 67.3. The molecule has 0 aliphatic rings. The van der Waals surface area contributed by atoms with Crippen molar-refractivity contribution in [1.82, 2.24) is 16.0 Å². The van der Waals surface area contributed by atoms with Crippen molar-refractivity contribution in [2.75, 3.05) is 0 Å². The van der Waals surface area contributed by atoms with Gasteiger partial charge in [-0.3, -0.25) is 19.2 Å². The summed E-state index contributed by atoms with van der Waals surface area (Å²) >= 11 is 0. The highest BCUT2D eigenvalue weighted by Crippen LogP contribution is 2.05. The summed E-state index contributed by atoms with van der Waals surface area (Å²) in [5, 5.41) is 24.6. The fourth-order valence-electron chi connectivity index (χ4n) is 2.47.